The summed E-state index contributed by atoms with van der Waals surface area (Å²) in [5.41, 5.74) is 2.34. The number of nitrogens with zero attached hydrogens (tertiary/aromatic N) is 3. The van der Waals surface area contributed by atoms with E-state index in [0.717, 1.165) is 50.3 Å². The molecule has 27 heavy (non-hydrogen) atoms. The third-order valence-electron chi connectivity index (χ3n) is 5.16. The number of likely N-dealkylation sites (tertiary alicyclic amines) is 1. The van der Waals surface area contributed by atoms with Crippen LogP contribution in [0.2, 0.25) is 0 Å². The first kappa shape index (κ1) is 19.4. The van der Waals surface area contributed by atoms with E-state index in [9.17, 15) is 4.79 Å². The number of ether oxygens (including phenoxy) is 1. The molecule has 144 valence electrons. The maximum atomic E-state index is 12.0. The first-order valence-electron chi connectivity index (χ1n) is 9.71. The molecule has 1 fully saturated rings. The summed E-state index contributed by atoms with van der Waals surface area (Å²) in [6, 6.07) is 14.5. The predicted molar refractivity (Wildman–Crippen MR) is 107 cm³/mol. The lowest BCUT2D eigenvalue weighted by Crippen LogP contribution is -2.32. The number of likely N-dealkylation sites (N-methyl/N-ethyl adjacent to an activating group) is 1. The van der Waals surface area contributed by atoms with E-state index in [1.54, 1.807) is 0 Å². The summed E-state index contributed by atoms with van der Waals surface area (Å²) in [4.78, 5) is 20.7. The van der Waals surface area contributed by atoms with Gasteiger partial charge in [-0.15, -0.1) is 0 Å². The number of pyridine rings is 1. The van der Waals surface area contributed by atoms with Crippen LogP contribution in [0.4, 0.5) is 0 Å². The van der Waals surface area contributed by atoms with Crippen LogP contribution in [0.15, 0.2) is 48.7 Å². The van der Waals surface area contributed by atoms with Crippen molar-refractivity contribution in [2.75, 3.05) is 26.7 Å². The van der Waals surface area contributed by atoms with Gasteiger partial charge in [0.25, 0.3) is 5.91 Å². The molecule has 0 aliphatic carbocycles. The molecule has 0 N–H and O–H groups in total. The van der Waals surface area contributed by atoms with Crippen molar-refractivity contribution in [2.45, 2.75) is 38.8 Å². The SMILES string of the molecule is C[C@@H](Cc1ccccn1)N(C)Cc1ccc(OCC(=O)N2CCCC2)cc1. The van der Waals surface area contributed by atoms with Gasteiger partial charge in [0.1, 0.15) is 5.75 Å². The zero-order chi connectivity index (χ0) is 19.1. The molecule has 1 saturated heterocycles. The van der Waals surface area contributed by atoms with Gasteiger partial charge in [-0.05, 0) is 56.6 Å². The van der Waals surface area contributed by atoms with Crippen molar-refractivity contribution < 1.29 is 9.53 Å². The van der Waals surface area contributed by atoms with Crippen molar-refractivity contribution in [3.63, 3.8) is 0 Å². The minimum Gasteiger partial charge on any atom is -0.484 e. The summed E-state index contributed by atoms with van der Waals surface area (Å²) in [5, 5.41) is 0. The van der Waals surface area contributed by atoms with Gasteiger partial charge in [0.05, 0.1) is 0 Å². The zero-order valence-corrected chi connectivity index (χ0v) is 16.3. The van der Waals surface area contributed by atoms with E-state index in [1.807, 2.05) is 35.4 Å². The molecule has 1 aliphatic heterocycles. The third-order valence-corrected chi connectivity index (χ3v) is 5.16. The van der Waals surface area contributed by atoms with Crippen molar-refractivity contribution in [3.8, 4) is 5.75 Å². The van der Waals surface area contributed by atoms with Crippen LogP contribution in [0.1, 0.15) is 31.0 Å². The second-order valence-electron chi connectivity index (χ2n) is 7.31. The van der Waals surface area contributed by atoms with Crippen molar-refractivity contribution in [1.29, 1.82) is 0 Å². The van der Waals surface area contributed by atoms with E-state index >= 15 is 0 Å². The van der Waals surface area contributed by atoms with E-state index in [2.05, 4.69) is 42.1 Å². The summed E-state index contributed by atoms with van der Waals surface area (Å²) in [6.45, 7) is 4.94. The second-order valence-corrected chi connectivity index (χ2v) is 7.31. The number of hydrogen-bond donors (Lipinski definition) is 0. The monoisotopic (exact) mass is 367 g/mol. The van der Waals surface area contributed by atoms with Crippen molar-refractivity contribution in [3.05, 3.63) is 59.9 Å². The molecule has 5 nitrogen and oxygen atoms in total. The average molecular weight is 367 g/mol. The Morgan fingerprint density at radius 3 is 2.59 bits per heavy atom. The average Bonchev–Trinajstić information content (AvgIpc) is 3.23. The van der Waals surface area contributed by atoms with E-state index in [4.69, 9.17) is 4.74 Å². The van der Waals surface area contributed by atoms with Crippen LogP contribution in [0.3, 0.4) is 0 Å². The molecule has 1 amide bonds. The molecule has 1 atom stereocenters. The summed E-state index contributed by atoms with van der Waals surface area (Å²) >= 11 is 0. The van der Waals surface area contributed by atoms with Crippen LogP contribution < -0.4 is 4.74 Å². The Morgan fingerprint density at radius 2 is 1.93 bits per heavy atom. The van der Waals surface area contributed by atoms with Gasteiger partial charge in [0, 0.05) is 44.0 Å². The highest BCUT2D eigenvalue weighted by atomic mass is 16.5. The Morgan fingerprint density at radius 1 is 1.19 bits per heavy atom. The normalized spacial score (nSPS) is 15.1. The third kappa shape index (κ3) is 5.79. The number of hydrogen-bond acceptors (Lipinski definition) is 4. The summed E-state index contributed by atoms with van der Waals surface area (Å²) in [7, 11) is 2.13. The van der Waals surface area contributed by atoms with Crippen molar-refractivity contribution >= 4 is 5.91 Å². The molecule has 0 spiro atoms. The molecule has 0 bridgehead atoms. The number of rotatable bonds is 8. The maximum Gasteiger partial charge on any atom is 0.260 e. The molecule has 2 heterocycles. The minimum atomic E-state index is 0.0830. The molecular formula is C22H29N3O2. The molecule has 3 rings (SSSR count). The molecule has 5 heteroatoms. The Balaban J connectivity index is 1.45. The first-order valence-corrected chi connectivity index (χ1v) is 9.71. The quantitative estimate of drug-likeness (QED) is 0.719. The van der Waals surface area contributed by atoms with Crippen LogP contribution in [-0.2, 0) is 17.8 Å². The first-order chi connectivity index (χ1) is 13.1. The van der Waals surface area contributed by atoms with Gasteiger partial charge in [-0.3, -0.25) is 14.7 Å². The number of carbonyl (C=O) groups is 1. The lowest BCUT2D eigenvalue weighted by Gasteiger charge is -2.24. The fourth-order valence-electron chi connectivity index (χ4n) is 3.32. The van der Waals surface area contributed by atoms with Crippen LogP contribution in [-0.4, -0.2) is 53.5 Å². The van der Waals surface area contributed by atoms with Gasteiger partial charge in [-0.25, -0.2) is 0 Å². The minimum absolute atomic E-state index is 0.0830. The van der Waals surface area contributed by atoms with Crippen LogP contribution >= 0.6 is 0 Å². The Kier molecular flexibility index (Phi) is 6.82. The molecule has 1 aliphatic rings. The van der Waals surface area contributed by atoms with Crippen LogP contribution in [0.5, 0.6) is 5.75 Å². The lowest BCUT2D eigenvalue weighted by molar-refractivity contribution is -0.132. The Bertz CT molecular complexity index is 712. The van der Waals surface area contributed by atoms with Crippen LogP contribution in [0.25, 0.3) is 0 Å². The van der Waals surface area contributed by atoms with Gasteiger partial charge in [0.2, 0.25) is 0 Å². The highest BCUT2D eigenvalue weighted by Crippen LogP contribution is 2.16. The fourth-order valence-corrected chi connectivity index (χ4v) is 3.32. The smallest absolute Gasteiger partial charge is 0.260 e. The second kappa shape index (κ2) is 9.51. The molecule has 1 aromatic heterocycles. The molecule has 1 aromatic carbocycles. The molecule has 2 aromatic rings. The lowest BCUT2D eigenvalue weighted by atomic mass is 10.1. The number of aromatic nitrogens is 1. The summed E-state index contributed by atoms with van der Waals surface area (Å²) in [6.07, 6.45) is 4.98. The van der Waals surface area contributed by atoms with Crippen LogP contribution in [0, 0.1) is 0 Å². The molecule has 0 unspecified atom stereocenters. The Labute approximate surface area is 162 Å². The number of carbonyl (C=O) groups excluding carboxylic acids is 1. The van der Waals surface area contributed by atoms with Gasteiger partial charge in [-0.2, -0.15) is 0 Å². The highest BCUT2D eigenvalue weighted by molar-refractivity contribution is 5.78. The van der Waals surface area contributed by atoms with E-state index in [1.165, 1.54) is 5.56 Å². The zero-order valence-electron chi connectivity index (χ0n) is 16.3. The van der Waals surface area contributed by atoms with Gasteiger partial charge >= 0.3 is 0 Å². The predicted octanol–water partition coefficient (Wildman–Crippen LogP) is 3.15. The fraction of sp³-hybridized carbons (Fsp3) is 0.455. The van der Waals surface area contributed by atoms with Crippen molar-refractivity contribution in [2.24, 2.45) is 0 Å². The summed E-state index contributed by atoms with van der Waals surface area (Å²) in [5.74, 6) is 0.829. The van der Waals surface area contributed by atoms with Gasteiger partial charge in [0.15, 0.2) is 6.61 Å². The van der Waals surface area contributed by atoms with E-state index < -0.39 is 0 Å². The molecular weight excluding hydrogens is 338 g/mol. The van der Waals surface area contributed by atoms with Gasteiger partial charge in [-0.1, -0.05) is 18.2 Å². The van der Waals surface area contributed by atoms with E-state index in [0.29, 0.717) is 6.04 Å². The standard InChI is InChI=1S/C22H29N3O2/c1-18(15-20-7-3-4-12-23-20)24(2)16-19-8-10-21(11-9-19)27-17-22(26)25-13-5-6-14-25/h3-4,7-12,18H,5-6,13-17H2,1-2H3/t18-/m0/s1. The topological polar surface area (TPSA) is 45.7 Å². The van der Waals surface area contributed by atoms with E-state index in [-0.39, 0.29) is 12.5 Å². The maximum absolute atomic E-state index is 12.0. The molecule has 0 saturated carbocycles. The number of benzene rings is 1. The number of amides is 1. The largest absolute Gasteiger partial charge is 0.484 e. The molecule has 0 radical (unpaired) electrons. The van der Waals surface area contributed by atoms with Crippen molar-refractivity contribution in [1.82, 2.24) is 14.8 Å². The Hall–Kier alpha value is -2.40. The van der Waals surface area contributed by atoms with Gasteiger partial charge < -0.3 is 9.64 Å². The summed E-state index contributed by atoms with van der Waals surface area (Å²) < 4.78 is 5.65. The highest BCUT2D eigenvalue weighted by Gasteiger charge is 2.18.